The first kappa shape index (κ1) is 39.2. The lowest BCUT2D eigenvalue weighted by atomic mass is 10.1. The van der Waals surface area contributed by atoms with E-state index >= 15 is 0 Å². The van der Waals surface area contributed by atoms with E-state index in [0.717, 1.165) is 11.1 Å². The van der Waals surface area contributed by atoms with Crippen LogP contribution in [-0.4, -0.2) is 145 Å². The minimum atomic E-state index is -4.42. The van der Waals surface area contributed by atoms with Gasteiger partial charge in [0.2, 0.25) is 0 Å². The lowest BCUT2D eigenvalue weighted by Gasteiger charge is -2.09. The highest BCUT2D eigenvalue weighted by Crippen LogP contribution is 2.20. The van der Waals surface area contributed by atoms with Crippen molar-refractivity contribution >= 4 is 21.2 Å². The fraction of sp³-hybridized carbons (Fsp3) is 0.667. The van der Waals surface area contributed by atoms with Gasteiger partial charge in [0, 0.05) is 0 Å². The summed E-state index contributed by atoms with van der Waals surface area (Å²) in [4.78, 5) is 0. The lowest BCUT2D eigenvalue weighted by molar-refractivity contribution is -0.0257. The maximum atomic E-state index is 10.3. The van der Waals surface area contributed by atoms with Crippen LogP contribution in [0.5, 0.6) is 5.75 Å². The van der Waals surface area contributed by atoms with Gasteiger partial charge < -0.3 is 47.4 Å². The average molecular weight is 665 g/mol. The molecule has 2 rings (SSSR count). The van der Waals surface area contributed by atoms with Gasteiger partial charge in [0.15, 0.2) is 0 Å². The zero-order chi connectivity index (χ0) is 32.1. The highest BCUT2D eigenvalue weighted by Gasteiger charge is 2.03. The molecule has 0 aliphatic carbocycles. The van der Waals surface area contributed by atoms with Crippen molar-refractivity contribution in [3.05, 3.63) is 42.5 Å². The molecule has 0 saturated heterocycles. The van der Waals surface area contributed by atoms with Crippen LogP contribution in [0.4, 0.5) is 0 Å². The Morgan fingerprint density at radius 1 is 0.422 bits per heavy atom. The van der Waals surface area contributed by atoms with Crippen molar-refractivity contribution in [2.75, 3.05) is 132 Å². The van der Waals surface area contributed by atoms with Gasteiger partial charge in [-0.05, 0) is 22.9 Å². The van der Waals surface area contributed by atoms with Crippen molar-refractivity contribution in [2.24, 2.45) is 0 Å². The molecule has 0 heterocycles. The molecule has 2 aromatic carbocycles. The number of rotatable bonds is 32. The fourth-order valence-corrected chi connectivity index (χ4v) is 3.81. The molecule has 0 amide bonds. The van der Waals surface area contributed by atoms with Crippen LogP contribution in [0.15, 0.2) is 42.5 Å². The molecule has 0 unspecified atom stereocenters. The van der Waals surface area contributed by atoms with E-state index in [-0.39, 0.29) is 19.8 Å². The van der Waals surface area contributed by atoms with Crippen molar-refractivity contribution in [1.82, 2.24) is 0 Å². The smallest absolute Gasteiger partial charge is 0.397 e. The van der Waals surface area contributed by atoms with Crippen molar-refractivity contribution in [3.63, 3.8) is 0 Å². The van der Waals surface area contributed by atoms with Gasteiger partial charge in [0.1, 0.15) is 12.4 Å². The first-order valence-corrected chi connectivity index (χ1v) is 16.3. The quantitative estimate of drug-likeness (QED) is 0.0897. The van der Waals surface area contributed by atoms with Gasteiger partial charge in [-0.3, -0.25) is 4.55 Å². The zero-order valence-corrected chi connectivity index (χ0v) is 26.7. The minimum absolute atomic E-state index is 0.0315. The first-order chi connectivity index (χ1) is 22.0. The van der Waals surface area contributed by atoms with E-state index in [1.807, 2.05) is 24.3 Å². The fourth-order valence-electron chi connectivity index (χ4n) is 3.54. The molecule has 0 aliphatic rings. The largest absolute Gasteiger partial charge is 0.491 e. The van der Waals surface area contributed by atoms with E-state index in [0.29, 0.717) is 112 Å². The second kappa shape index (κ2) is 27.2. The molecule has 258 valence electrons. The SMILES string of the molecule is O=S(=O)(O)OCCOCCOCCOCCOCCOCCOCCOCCOCCOCCOc1ccc2ccccc2c1. The molecule has 0 bridgehead atoms. The minimum Gasteiger partial charge on any atom is -0.491 e. The van der Waals surface area contributed by atoms with E-state index in [9.17, 15) is 8.42 Å². The Bertz CT molecular complexity index is 1070. The Balaban J connectivity index is 1.18. The molecule has 14 nitrogen and oxygen atoms in total. The number of hydrogen-bond acceptors (Lipinski definition) is 13. The van der Waals surface area contributed by atoms with Crippen LogP contribution >= 0.6 is 0 Å². The molecular weight excluding hydrogens is 616 g/mol. The second-order valence-electron chi connectivity index (χ2n) is 9.12. The maximum Gasteiger partial charge on any atom is 0.397 e. The molecule has 0 radical (unpaired) electrons. The van der Waals surface area contributed by atoms with Crippen LogP contribution < -0.4 is 4.74 Å². The first-order valence-electron chi connectivity index (χ1n) is 15.0. The summed E-state index contributed by atoms with van der Waals surface area (Å²) in [6.45, 7) is 7.93. The summed E-state index contributed by atoms with van der Waals surface area (Å²) in [5, 5.41) is 2.34. The monoisotopic (exact) mass is 664 g/mol. The van der Waals surface area contributed by atoms with Gasteiger partial charge in [-0.15, -0.1) is 0 Å². The standard InChI is InChI=1S/C30H48O14S/c31-45(32,33)44-26-24-42-22-20-40-18-16-38-14-12-36-10-8-34-7-9-35-11-13-37-15-17-39-19-21-41-23-25-43-30-6-5-28-3-1-2-4-29(28)27-30/h1-6,27H,7-26H2,(H,31,32,33). The Morgan fingerprint density at radius 2 is 0.756 bits per heavy atom. The van der Waals surface area contributed by atoms with Crippen LogP contribution in [0.2, 0.25) is 0 Å². The van der Waals surface area contributed by atoms with Gasteiger partial charge in [-0.1, -0.05) is 30.3 Å². The normalized spacial score (nSPS) is 11.8. The van der Waals surface area contributed by atoms with E-state index in [1.165, 1.54) is 5.39 Å². The molecular formula is C30H48O14S. The molecule has 1 N–H and O–H groups in total. The van der Waals surface area contributed by atoms with Crippen molar-refractivity contribution in [1.29, 1.82) is 0 Å². The third kappa shape index (κ3) is 23.9. The number of ether oxygens (including phenoxy) is 10. The van der Waals surface area contributed by atoms with Gasteiger partial charge >= 0.3 is 10.4 Å². The molecule has 15 heteroatoms. The summed E-state index contributed by atoms with van der Waals surface area (Å²) in [5.41, 5.74) is 0. The van der Waals surface area contributed by atoms with Crippen LogP contribution in [-0.2, 0) is 57.2 Å². The lowest BCUT2D eigenvalue weighted by Crippen LogP contribution is -2.15. The van der Waals surface area contributed by atoms with E-state index < -0.39 is 10.4 Å². The van der Waals surface area contributed by atoms with Crippen LogP contribution in [0.1, 0.15) is 0 Å². The molecule has 0 aromatic heterocycles. The van der Waals surface area contributed by atoms with Crippen molar-refractivity contribution in [3.8, 4) is 5.75 Å². The van der Waals surface area contributed by atoms with Crippen LogP contribution in [0.3, 0.4) is 0 Å². The summed E-state index contributed by atoms with van der Waals surface area (Å²) in [6, 6.07) is 14.2. The number of fused-ring (bicyclic) bond motifs is 1. The number of hydrogen-bond donors (Lipinski definition) is 1. The Labute approximate surface area is 265 Å². The van der Waals surface area contributed by atoms with Gasteiger partial charge in [0.25, 0.3) is 0 Å². The molecule has 2 aromatic rings. The van der Waals surface area contributed by atoms with E-state index in [2.05, 4.69) is 22.4 Å². The van der Waals surface area contributed by atoms with Crippen molar-refractivity contribution in [2.45, 2.75) is 0 Å². The highest BCUT2D eigenvalue weighted by atomic mass is 32.3. The predicted molar refractivity (Wildman–Crippen MR) is 164 cm³/mol. The Hall–Kier alpha value is -1.99. The summed E-state index contributed by atoms with van der Waals surface area (Å²) in [5.74, 6) is 0.835. The molecule has 0 saturated carbocycles. The summed E-state index contributed by atoms with van der Waals surface area (Å²) in [6.07, 6.45) is 0. The van der Waals surface area contributed by atoms with E-state index in [4.69, 9.17) is 51.9 Å². The van der Waals surface area contributed by atoms with Crippen LogP contribution in [0, 0.1) is 0 Å². The van der Waals surface area contributed by atoms with Gasteiger partial charge in [-0.25, -0.2) is 4.18 Å². The topological polar surface area (TPSA) is 156 Å². The Kier molecular flexibility index (Phi) is 23.6. The second-order valence-corrected chi connectivity index (χ2v) is 10.2. The number of benzene rings is 2. The highest BCUT2D eigenvalue weighted by molar-refractivity contribution is 7.80. The third-order valence-corrected chi connectivity index (χ3v) is 6.12. The molecule has 45 heavy (non-hydrogen) atoms. The zero-order valence-electron chi connectivity index (χ0n) is 25.8. The molecule has 0 fully saturated rings. The Morgan fingerprint density at radius 3 is 1.13 bits per heavy atom. The van der Waals surface area contributed by atoms with Gasteiger partial charge in [0.05, 0.1) is 126 Å². The third-order valence-electron chi connectivity index (χ3n) is 5.65. The maximum absolute atomic E-state index is 10.3. The van der Waals surface area contributed by atoms with Gasteiger partial charge in [-0.2, -0.15) is 8.42 Å². The molecule has 0 atom stereocenters. The average Bonchev–Trinajstić information content (AvgIpc) is 3.03. The van der Waals surface area contributed by atoms with E-state index in [1.54, 1.807) is 0 Å². The molecule has 0 spiro atoms. The summed E-state index contributed by atoms with van der Waals surface area (Å²) in [7, 11) is -4.42. The summed E-state index contributed by atoms with van der Waals surface area (Å²) >= 11 is 0. The van der Waals surface area contributed by atoms with Crippen LogP contribution in [0.25, 0.3) is 10.8 Å². The van der Waals surface area contributed by atoms with Crippen molar-refractivity contribution < 1.29 is 64.5 Å². The molecule has 0 aliphatic heterocycles. The predicted octanol–water partition coefficient (Wildman–Crippen LogP) is 2.19. The summed E-state index contributed by atoms with van der Waals surface area (Å²) < 4.78 is 87.5.